The van der Waals surface area contributed by atoms with Gasteiger partial charge in [-0.2, -0.15) is 13.5 Å². The summed E-state index contributed by atoms with van der Waals surface area (Å²) in [7, 11) is -3.91. The van der Waals surface area contributed by atoms with Gasteiger partial charge in [-0.3, -0.25) is 16.3 Å². The van der Waals surface area contributed by atoms with Crippen molar-refractivity contribution >= 4 is 33.4 Å². The van der Waals surface area contributed by atoms with Gasteiger partial charge in [0.15, 0.2) is 5.84 Å². The maximum absolute atomic E-state index is 12.7. The van der Waals surface area contributed by atoms with Gasteiger partial charge in [-0.05, 0) is 43.3 Å². The Kier molecular flexibility index (Phi) is 6.59. The molecule has 0 aliphatic carbocycles. The van der Waals surface area contributed by atoms with Crippen LogP contribution in [-0.2, 0) is 10.0 Å². The highest BCUT2D eigenvalue weighted by molar-refractivity contribution is 7.90. The molecule has 7 nitrogen and oxygen atoms in total. The number of sulfonamides is 1. The van der Waals surface area contributed by atoms with Crippen molar-refractivity contribution in [2.75, 3.05) is 10.9 Å². The van der Waals surface area contributed by atoms with Crippen molar-refractivity contribution in [3.05, 3.63) is 90.5 Å². The lowest BCUT2D eigenvalue weighted by molar-refractivity contribution is 0.598. The van der Waals surface area contributed by atoms with Gasteiger partial charge in [-0.1, -0.05) is 54.1 Å². The predicted molar refractivity (Wildman–Crippen MR) is 118 cm³/mol. The summed E-state index contributed by atoms with van der Waals surface area (Å²) in [4.78, 5) is 0.103. The zero-order valence-electron chi connectivity index (χ0n) is 15.8. The molecule has 0 radical (unpaired) electrons. The summed E-state index contributed by atoms with van der Waals surface area (Å²) < 4.78 is 29.2. The molecular weight excluding hydrogens is 386 g/mol. The van der Waals surface area contributed by atoms with Gasteiger partial charge in [0, 0.05) is 0 Å². The molecule has 0 amide bonds. The normalized spacial score (nSPS) is 12.0. The highest BCUT2D eigenvalue weighted by Crippen LogP contribution is 2.13. The summed E-state index contributed by atoms with van der Waals surface area (Å²) in [5.41, 5.74) is 11.0. The smallest absolute Gasteiger partial charge is 0.284 e. The summed E-state index contributed by atoms with van der Waals surface area (Å²) in [5, 5.41) is 4.07. The minimum absolute atomic E-state index is 0.0258. The number of hydrazine groups is 1. The van der Waals surface area contributed by atoms with E-state index < -0.39 is 10.0 Å². The fraction of sp³-hybridized carbons (Fsp3) is 0.0476. The summed E-state index contributed by atoms with van der Waals surface area (Å²) in [6.45, 7) is 1.89. The van der Waals surface area contributed by atoms with Gasteiger partial charge in [0.05, 0.1) is 22.5 Å². The monoisotopic (exact) mass is 407 g/mol. The number of hydrogen-bond acceptors (Lipinski definition) is 5. The number of hydrazone groups is 1. The Morgan fingerprint density at radius 3 is 2.03 bits per heavy atom. The Morgan fingerprint density at radius 2 is 1.41 bits per heavy atom. The van der Waals surface area contributed by atoms with Crippen molar-refractivity contribution in [1.29, 1.82) is 0 Å². The molecule has 0 bridgehead atoms. The molecule has 0 heterocycles. The highest BCUT2D eigenvalue weighted by atomic mass is 32.2. The third kappa shape index (κ3) is 6.18. The first kappa shape index (κ1) is 20.1. The number of hydrogen-bond donors (Lipinski definition) is 3. The van der Waals surface area contributed by atoms with Gasteiger partial charge in [-0.25, -0.2) is 0 Å². The van der Waals surface area contributed by atoms with Gasteiger partial charge in [0.1, 0.15) is 0 Å². The van der Waals surface area contributed by atoms with Gasteiger partial charge in [-0.15, -0.1) is 4.40 Å². The van der Waals surface area contributed by atoms with Crippen LogP contribution in [0.3, 0.4) is 0 Å². The van der Waals surface area contributed by atoms with Gasteiger partial charge in [0.2, 0.25) is 0 Å². The molecule has 0 unspecified atom stereocenters. The zero-order valence-corrected chi connectivity index (χ0v) is 16.6. The highest BCUT2D eigenvalue weighted by Gasteiger charge is 2.13. The topological polar surface area (TPSA) is 95.0 Å². The Bertz CT molecular complexity index is 1080. The van der Waals surface area contributed by atoms with Crippen LogP contribution in [0.15, 0.2) is 99.3 Å². The second-order valence-corrected chi connectivity index (χ2v) is 7.72. The number of rotatable bonds is 7. The Labute approximate surface area is 170 Å². The Hall–Kier alpha value is -3.65. The van der Waals surface area contributed by atoms with Crippen molar-refractivity contribution in [2.45, 2.75) is 11.8 Å². The number of nitrogens with one attached hydrogen (secondary N) is 3. The van der Waals surface area contributed by atoms with Gasteiger partial charge >= 0.3 is 0 Å². The van der Waals surface area contributed by atoms with Crippen molar-refractivity contribution < 1.29 is 8.42 Å². The van der Waals surface area contributed by atoms with Crippen LogP contribution in [-0.4, -0.2) is 20.5 Å². The van der Waals surface area contributed by atoms with E-state index in [9.17, 15) is 8.42 Å². The molecule has 0 saturated heterocycles. The molecule has 3 aromatic rings. The molecule has 0 aromatic heterocycles. The molecule has 0 spiro atoms. The fourth-order valence-corrected chi connectivity index (χ4v) is 3.25. The van der Waals surface area contributed by atoms with E-state index in [1.54, 1.807) is 12.1 Å². The number of nitrogens with zero attached hydrogens (tertiary/aromatic N) is 2. The van der Waals surface area contributed by atoms with Crippen LogP contribution in [0.4, 0.5) is 11.4 Å². The van der Waals surface area contributed by atoms with Crippen LogP contribution in [0.2, 0.25) is 0 Å². The minimum atomic E-state index is -3.91. The third-order valence-corrected chi connectivity index (χ3v) is 5.11. The average Bonchev–Trinajstić information content (AvgIpc) is 2.73. The summed E-state index contributed by atoms with van der Waals surface area (Å²) in [6, 6.07) is 25.1. The third-order valence-electron chi connectivity index (χ3n) is 3.80. The fourth-order valence-electron chi connectivity index (χ4n) is 2.31. The molecule has 3 aromatic carbocycles. The van der Waals surface area contributed by atoms with E-state index in [4.69, 9.17) is 0 Å². The number of aryl methyl sites for hydroxylation is 1. The zero-order chi connectivity index (χ0) is 20.5. The minimum Gasteiger partial charge on any atom is -0.300 e. The number of para-hydroxylation sites is 2. The van der Waals surface area contributed by atoms with Crippen LogP contribution >= 0.6 is 0 Å². The van der Waals surface area contributed by atoms with E-state index in [0.717, 1.165) is 16.9 Å². The first-order valence-corrected chi connectivity index (χ1v) is 10.3. The van der Waals surface area contributed by atoms with E-state index in [1.807, 2.05) is 67.6 Å². The average molecular weight is 407 g/mol. The molecular formula is C21H21N5O2S. The van der Waals surface area contributed by atoms with E-state index in [0.29, 0.717) is 0 Å². The standard InChI is InChI=1S/C21H21N5O2S/c1-17-12-14-20(15-13-17)29(27,28)26-21(25-24-19-10-6-3-7-11-19)16-22-23-18-8-4-2-5-9-18/h2-16,23-24H,1H3,(H,25,26)/b22-16-. The number of anilines is 2. The number of amidine groups is 1. The Balaban J connectivity index is 1.82. The summed E-state index contributed by atoms with van der Waals surface area (Å²) >= 11 is 0. The van der Waals surface area contributed by atoms with Crippen LogP contribution < -0.4 is 16.3 Å². The maximum Gasteiger partial charge on any atom is 0.284 e. The summed E-state index contributed by atoms with van der Waals surface area (Å²) in [6.07, 6.45) is 1.30. The van der Waals surface area contributed by atoms with Gasteiger partial charge < -0.3 is 0 Å². The molecule has 0 aliphatic rings. The lowest BCUT2D eigenvalue weighted by Gasteiger charge is -2.09. The van der Waals surface area contributed by atoms with Crippen molar-refractivity contribution in [1.82, 2.24) is 5.43 Å². The maximum atomic E-state index is 12.7. The SMILES string of the molecule is Cc1ccc(S(=O)(=O)N=C(/C=N\Nc2ccccc2)NNc2ccccc2)cc1. The van der Waals surface area contributed by atoms with Gasteiger partial charge in [0.25, 0.3) is 10.0 Å². The molecule has 0 fully saturated rings. The van der Waals surface area contributed by atoms with Crippen LogP contribution in [0, 0.1) is 6.92 Å². The quantitative estimate of drug-likeness (QED) is 0.315. The van der Waals surface area contributed by atoms with E-state index >= 15 is 0 Å². The largest absolute Gasteiger partial charge is 0.300 e. The second-order valence-electron chi connectivity index (χ2n) is 6.12. The second kappa shape index (κ2) is 9.52. The lowest BCUT2D eigenvalue weighted by Crippen LogP contribution is -2.31. The van der Waals surface area contributed by atoms with Crippen LogP contribution in [0.1, 0.15) is 5.56 Å². The molecule has 0 aliphatic heterocycles. The van der Waals surface area contributed by atoms with E-state index in [1.165, 1.54) is 18.3 Å². The van der Waals surface area contributed by atoms with Crippen LogP contribution in [0.5, 0.6) is 0 Å². The van der Waals surface area contributed by atoms with Crippen molar-refractivity contribution in [3.63, 3.8) is 0 Å². The Morgan fingerprint density at radius 1 is 0.828 bits per heavy atom. The molecule has 29 heavy (non-hydrogen) atoms. The molecule has 0 saturated carbocycles. The molecule has 8 heteroatoms. The molecule has 3 rings (SSSR count). The molecule has 3 N–H and O–H groups in total. The lowest BCUT2D eigenvalue weighted by atomic mass is 10.2. The predicted octanol–water partition coefficient (Wildman–Crippen LogP) is 3.80. The first-order valence-electron chi connectivity index (χ1n) is 8.86. The number of benzene rings is 3. The van der Waals surface area contributed by atoms with Crippen molar-refractivity contribution in [2.24, 2.45) is 9.50 Å². The van der Waals surface area contributed by atoms with E-state index in [2.05, 4.69) is 25.8 Å². The summed E-state index contributed by atoms with van der Waals surface area (Å²) in [5.74, 6) is 0.0258. The van der Waals surface area contributed by atoms with Crippen LogP contribution in [0.25, 0.3) is 0 Å². The molecule has 0 atom stereocenters. The first-order chi connectivity index (χ1) is 14.0. The van der Waals surface area contributed by atoms with E-state index in [-0.39, 0.29) is 10.7 Å². The molecule has 148 valence electrons. The van der Waals surface area contributed by atoms with Crippen molar-refractivity contribution in [3.8, 4) is 0 Å².